The highest BCUT2D eigenvalue weighted by Gasteiger charge is 2.07. The first-order chi connectivity index (χ1) is 12.3. The number of hydrogen-bond donors (Lipinski definition) is 2. The predicted octanol–water partition coefficient (Wildman–Crippen LogP) is 3.63. The number of ether oxygens (including phenoxy) is 1. The molecule has 126 valence electrons. The van der Waals surface area contributed by atoms with Gasteiger partial charge in [0.2, 0.25) is 0 Å². The summed E-state index contributed by atoms with van der Waals surface area (Å²) in [6, 6.07) is 24.5. The van der Waals surface area contributed by atoms with Gasteiger partial charge in [-0.2, -0.15) is 0 Å². The Labute approximate surface area is 146 Å². The van der Waals surface area contributed by atoms with Crippen LogP contribution in [0.25, 0.3) is 0 Å². The van der Waals surface area contributed by atoms with Crippen LogP contribution in [0, 0.1) is 0 Å². The molecule has 0 bridgehead atoms. The van der Waals surface area contributed by atoms with E-state index in [1.54, 1.807) is 12.1 Å². The van der Waals surface area contributed by atoms with Gasteiger partial charge in [-0.1, -0.05) is 42.5 Å². The quantitative estimate of drug-likeness (QED) is 0.648. The van der Waals surface area contributed by atoms with Crippen molar-refractivity contribution in [3.05, 3.63) is 84.6 Å². The van der Waals surface area contributed by atoms with E-state index in [4.69, 9.17) is 4.74 Å². The fourth-order valence-corrected chi connectivity index (χ4v) is 2.24. The molecule has 0 spiro atoms. The number of rotatable bonds is 7. The summed E-state index contributed by atoms with van der Waals surface area (Å²) in [6.07, 6.45) is 0. The Bertz CT molecular complexity index is 807. The molecule has 0 unspecified atom stereocenters. The number of nitrogens with one attached hydrogen (secondary N) is 2. The summed E-state index contributed by atoms with van der Waals surface area (Å²) in [5.41, 5.74) is 1.28. The summed E-state index contributed by atoms with van der Waals surface area (Å²) in [5.74, 6) is 1.18. The molecular formula is C20H19N3O2. The highest BCUT2D eigenvalue weighted by Crippen LogP contribution is 2.14. The topological polar surface area (TPSA) is 63.2 Å². The average molecular weight is 333 g/mol. The maximum Gasteiger partial charge on any atom is 0.270 e. The molecule has 0 aliphatic heterocycles. The minimum atomic E-state index is -0.228. The fourth-order valence-electron chi connectivity index (χ4n) is 2.24. The first-order valence-corrected chi connectivity index (χ1v) is 8.06. The Morgan fingerprint density at radius 2 is 1.60 bits per heavy atom. The molecule has 5 heteroatoms. The van der Waals surface area contributed by atoms with E-state index in [-0.39, 0.29) is 5.91 Å². The van der Waals surface area contributed by atoms with Crippen LogP contribution in [0.1, 0.15) is 10.5 Å². The number of para-hydroxylation sites is 2. The van der Waals surface area contributed by atoms with Gasteiger partial charge in [0.05, 0.1) is 6.54 Å². The maximum atomic E-state index is 12.2. The van der Waals surface area contributed by atoms with Gasteiger partial charge in [-0.25, -0.2) is 4.98 Å². The van der Waals surface area contributed by atoms with Gasteiger partial charge in [0.25, 0.3) is 5.91 Å². The zero-order valence-corrected chi connectivity index (χ0v) is 13.7. The predicted molar refractivity (Wildman–Crippen MR) is 98.2 cm³/mol. The fraction of sp³-hybridized carbons (Fsp3) is 0.100. The molecular weight excluding hydrogens is 314 g/mol. The summed E-state index contributed by atoms with van der Waals surface area (Å²) >= 11 is 0. The first kappa shape index (κ1) is 16.5. The normalized spacial score (nSPS) is 10.1. The lowest BCUT2D eigenvalue weighted by molar-refractivity contribution is 0.0942. The summed E-state index contributed by atoms with van der Waals surface area (Å²) in [6.45, 7) is 0.809. The van der Waals surface area contributed by atoms with Crippen molar-refractivity contribution in [1.29, 1.82) is 0 Å². The van der Waals surface area contributed by atoms with Crippen LogP contribution in [0.15, 0.2) is 78.9 Å². The molecule has 3 aromatic rings. The SMILES string of the molecule is O=C(NCCOc1ccccc1)c1cccc(Nc2ccccc2)n1. The van der Waals surface area contributed by atoms with E-state index in [0.717, 1.165) is 11.4 Å². The lowest BCUT2D eigenvalue weighted by Crippen LogP contribution is -2.28. The van der Waals surface area contributed by atoms with E-state index >= 15 is 0 Å². The minimum Gasteiger partial charge on any atom is -0.492 e. The number of nitrogens with zero attached hydrogens (tertiary/aromatic N) is 1. The van der Waals surface area contributed by atoms with E-state index in [1.165, 1.54) is 0 Å². The lowest BCUT2D eigenvalue weighted by Gasteiger charge is -2.09. The molecule has 1 aromatic heterocycles. The van der Waals surface area contributed by atoms with Crippen LogP contribution in [0.5, 0.6) is 5.75 Å². The number of carbonyl (C=O) groups is 1. The highest BCUT2D eigenvalue weighted by atomic mass is 16.5. The molecule has 0 aliphatic rings. The van der Waals surface area contributed by atoms with Crippen molar-refractivity contribution in [1.82, 2.24) is 10.3 Å². The number of anilines is 2. The van der Waals surface area contributed by atoms with Crippen molar-refractivity contribution in [3.63, 3.8) is 0 Å². The first-order valence-electron chi connectivity index (χ1n) is 8.06. The molecule has 0 fully saturated rings. The summed E-state index contributed by atoms with van der Waals surface area (Å²) in [7, 11) is 0. The Kier molecular flexibility index (Phi) is 5.61. The molecule has 3 rings (SSSR count). The second-order valence-electron chi connectivity index (χ2n) is 5.32. The molecule has 5 nitrogen and oxygen atoms in total. The Morgan fingerprint density at radius 3 is 2.36 bits per heavy atom. The van der Waals surface area contributed by atoms with Gasteiger partial charge in [0.15, 0.2) is 0 Å². The number of pyridine rings is 1. The Balaban J connectivity index is 1.51. The maximum absolute atomic E-state index is 12.2. The van der Waals surface area contributed by atoms with Crippen molar-refractivity contribution in [2.24, 2.45) is 0 Å². The third-order valence-corrected chi connectivity index (χ3v) is 3.43. The zero-order chi connectivity index (χ0) is 17.3. The number of carbonyl (C=O) groups excluding carboxylic acids is 1. The van der Waals surface area contributed by atoms with Gasteiger partial charge in [-0.15, -0.1) is 0 Å². The third kappa shape index (κ3) is 5.07. The number of benzene rings is 2. The molecule has 0 atom stereocenters. The largest absolute Gasteiger partial charge is 0.492 e. The van der Waals surface area contributed by atoms with Gasteiger partial charge in [-0.3, -0.25) is 4.79 Å². The summed E-state index contributed by atoms with van der Waals surface area (Å²) in [5, 5.41) is 5.98. The van der Waals surface area contributed by atoms with Crippen molar-refractivity contribution >= 4 is 17.4 Å². The molecule has 0 saturated carbocycles. The van der Waals surface area contributed by atoms with Gasteiger partial charge >= 0.3 is 0 Å². The van der Waals surface area contributed by atoms with Gasteiger partial charge < -0.3 is 15.4 Å². The average Bonchev–Trinajstić information content (AvgIpc) is 2.67. The zero-order valence-electron chi connectivity index (χ0n) is 13.7. The van der Waals surface area contributed by atoms with Crippen LogP contribution in [0.4, 0.5) is 11.5 Å². The van der Waals surface area contributed by atoms with Crippen LogP contribution in [0.2, 0.25) is 0 Å². The van der Waals surface area contributed by atoms with Crippen LogP contribution in [0.3, 0.4) is 0 Å². The van der Waals surface area contributed by atoms with Crippen molar-refractivity contribution in [3.8, 4) is 5.75 Å². The van der Waals surface area contributed by atoms with Crippen molar-refractivity contribution in [2.75, 3.05) is 18.5 Å². The van der Waals surface area contributed by atoms with E-state index in [9.17, 15) is 4.79 Å². The molecule has 1 amide bonds. The van der Waals surface area contributed by atoms with Gasteiger partial charge in [0.1, 0.15) is 23.9 Å². The van der Waals surface area contributed by atoms with Crippen LogP contribution in [-0.4, -0.2) is 24.0 Å². The van der Waals surface area contributed by atoms with Crippen molar-refractivity contribution < 1.29 is 9.53 Å². The molecule has 0 aliphatic carbocycles. The smallest absolute Gasteiger partial charge is 0.270 e. The number of hydrogen-bond acceptors (Lipinski definition) is 4. The van der Waals surface area contributed by atoms with Crippen LogP contribution >= 0.6 is 0 Å². The molecule has 2 N–H and O–H groups in total. The second-order valence-corrected chi connectivity index (χ2v) is 5.32. The number of amides is 1. The number of aromatic nitrogens is 1. The third-order valence-electron chi connectivity index (χ3n) is 3.43. The van der Waals surface area contributed by atoms with E-state index in [2.05, 4.69) is 15.6 Å². The van der Waals surface area contributed by atoms with Crippen molar-refractivity contribution in [2.45, 2.75) is 0 Å². The van der Waals surface area contributed by atoms with Crippen LogP contribution in [-0.2, 0) is 0 Å². The summed E-state index contributed by atoms with van der Waals surface area (Å²) in [4.78, 5) is 16.5. The molecule has 0 saturated heterocycles. The molecule has 2 aromatic carbocycles. The molecule has 25 heavy (non-hydrogen) atoms. The standard InChI is InChI=1S/C20H19N3O2/c24-20(21-14-15-25-17-10-5-2-6-11-17)18-12-7-13-19(23-18)22-16-8-3-1-4-9-16/h1-13H,14-15H2,(H,21,24)(H,22,23). The van der Waals surface area contributed by atoms with E-state index in [0.29, 0.717) is 24.7 Å². The van der Waals surface area contributed by atoms with Gasteiger partial charge in [0, 0.05) is 5.69 Å². The monoisotopic (exact) mass is 333 g/mol. The van der Waals surface area contributed by atoms with E-state index in [1.807, 2.05) is 66.7 Å². The molecule has 1 heterocycles. The second kappa shape index (κ2) is 8.49. The van der Waals surface area contributed by atoms with Gasteiger partial charge in [-0.05, 0) is 36.4 Å². The summed E-state index contributed by atoms with van der Waals surface area (Å²) < 4.78 is 5.55. The lowest BCUT2D eigenvalue weighted by atomic mass is 10.3. The Hall–Kier alpha value is -3.34. The Morgan fingerprint density at radius 1 is 0.880 bits per heavy atom. The van der Waals surface area contributed by atoms with Crippen LogP contribution < -0.4 is 15.4 Å². The highest BCUT2D eigenvalue weighted by molar-refractivity contribution is 5.92. The van der Waals surface area contributed by atoms with E-state index < -0.39 is 0 Å². The molecule has 0 radical (unpaired) electrons. The minimum absolute atomic E-state index is 0.228.